The lowest BCUT2D eigenvalue weighted by atomic mass is 10.2. The summed E-state index contributed by atoms with van der Waals surface area (Å²) < 4.78 is 21.0. The molecule has 0 saturated heterocycles. The molecule has 0 bridgehead atoms. The van der Waals surface area contributed by atoms with Crippen molar-refractivity contribution < 1.29 is 13.9 Å². The van der Waals surface area contributed by atoms with Gasteiger partial charge in [-0.1, -0.05) is 12.1 Å². The third-order valence-electron chi connectivity index (χ3n) is 3.49. The average molecular weight is 247 g/mol. The van der Waals surface area contributed by atoms with E-state index in [-0.39, 0.29) is 6.54 Å². The van der Waals surface area contributed by atoms with Gasteiger partial charge in [-0.25, -0.2) is 4.39 Å². The molecule has 1 heterocycles. The van der Waals surface area contributed by atoms with Crippen LogP contribution in [0.4, 0.5) is 4.39 Å². The number of hydrogen-bond donors (Lipinski definition) is 0. The molecule has 0 aliphatic heterocycles. The number of methoxy groups -OCH3 is 1. The lowest BCUT2D eigenvalue weighted by Crippen LogP contribution is -2.14. The summed E-state index contributed by atoms with van der Waals surface area (Å²) in [5.41, 5.74) is 0.148. The van der Waals surface area contributed by atoms with Gasteiger partial charge in [0.1, 0.15) is 11.4 Å². The lowest BCUT2D eigenvalue weighted by molar-refractivity contribution is 0.111. The van der Waals surface area contributed by atoms with E-state index in [0.29, 0.717) is 24.3 Å². The van der Waals surface area contributed by atoms with Crippen LogP contribution in [0.1, 0.15) is 23.3 Å². The topological polar surface area (TPSA) is 31.2 Å². The van der Waals surface area contributed by atoms with Crippen molar-refractivity contribution in [3.05, 3.63) is 30.0 Å². The van der Waals surface area contributed by atoms with Crippen molar-refractivity contribution in [3.63, 3.8) is 0 Å². The third kappa shape index (κ3) is 1.68. The molecule has 1 fully saturated rings. The number of ether oxygens (including phenoxy) is 1. The molecule has 1 aromatic heterocycles. The van der Waals surface area contributed by atoms with Gasteiger partial charge in [-0.15, -0.1) is 0 Å². The van der Waals surface area contributed by atoms with Crippen molar-refractivity contribution in [1.29, 1.82) is 0 Å². The minimum Gasteiger partial charge on any atom is -0.495 e. The van der Waals surface area contributed by atoms with Crippen LogP contribution in [0.2, 0.25) is 0 Å². The van der Waals surface area contributed by atoms with Crippen LogP contribution in [0.15, 0.2) is 24.3 Å². The van der Waals surface area contributed by atoms with E-state index in [9.17, 15) is 9.18 Å². The number of nitrogens with zero attached hydrogens (tertiary/aromatic N) is 1. The average Bonchev–Trinajstić information content (AvgIpc) is 3.00. The van der Waals surface area contributed by atoms with Crippen LogP contribution in [-0.4, -0.2) is 23.6 Å². The Balaban J connectivity index is 2.21. The molecule has 4 heteroatoms. The van der Waals surface area contributed by atoms with Gasteiger partial charge in [-0.2, -0.15) is 0 Å². The summed E-state index contributed by atoms with van der Waals surface area (Å²) in [7, 11) is 1.58. The Morgan fingerprint density at radius 2 is 2.28 bits per heavy atom. The van der Waals surface area contributed by atoms with Crippen LogP contribution < -0.4 is 4.74 Å². The van der Waals surface area contributed by atoms with Crippen LogP contribution in [0.25, 0.3) is 10.9 Å². The summed E-state index contributed by atoms with van der Waals surface area (Å²) in [6.07, 6.45) is 1.91. The minimum absolute atomic E-state index is 0.227. The number of carbonyl (C=O) groups excluding carboxylic acids is 1. The van der Waals surface area contributed by atoms with Gasteiger partial charge in [0.25, 0.3) is 0 Å². The fourth-order valence-corrected chi connectivity index (χ4v) is 2.32. The predicted octanol–water partition coefficient (Wildman–Crippen LogP) is 2.96. The van der Waals surface area contributed by atoms with Crippen molar-refractivity contribution in [2.75, 3.05) is 7.11 Å². The fraction of sp³-hybridized carbons (Fsp3) is 0.357. The normalized spacial score (nSPS) is 16.8. The molecule has 18 heavy (non-hydrogen) atoms. The van der Waals surface area contributed by atoms with Crippen molar-refractivity contribution in [2.24, 2.45) is 0 Å². The van der Waals surface area contributed by atoms with Crippen molar-refractivity contribution >= 4 is 17.2 Å². The molecule has 1 aliphatic carbocycles. The van der Waals surface area contributed by atoms with Crippen LogP contribution in [0, 0.1) is 0 Å². The first-order valence-corrected chi connectivity index (χ1v) is 5.97. The van der Waals surface area contributed by atoms with Gasteiger partial charge in [0.05, 0.1) is 24.9 Å². The van der Waals surface area contributed by atoms with Crippen molar-refractivity contribution in [1.82, 2.24) is 4.57 Å². The summed E-state index contributed by atoms with van der Waals surface area (Å²) in [5, 5.41) is 0.903. The monoisotopic (exact) mass is 247 g/mol. The summed E-state index contributed by atoms with van der Waals surface area (Å²) >= 11 is 0. The van der Waals surface area contributed by atoms with E-state index in [2.05, 4.69) is 0 Å². The predicted molar refractivity (Wildman–Crippen MR) is 67.0 cm³/mol. The first-order valence-electron chi connectivity index (χ1n) is 5.97. The van der Waals surface area contributed by atoms with Crippen molar-refractivity contribution in [2.45, 2.75) is 25.1 Å². The molecule has 0 radical (unpaired) electrons. The molecule has 0 N–H and O–H groups in total. The number of aromatic nitrogens is 1. The fourth-order valence-electron chi connectivity index (χ4n) is 2.32. The first kappa shape index (κ1) is 11.3. The van der Waals surface area contributed by atoms with E-state index in [4.69, 9.17) is 4.74 Å². The van der Waals surface area contributed by atoms with Crippen LogP contribution >= 0.6 is 0 Å². The minimum atomic E-state index is -1.15. The number of para-hydroxylation sites is 1. The lowest BCUT2D eigenvalue weighted by Gasteiger charge is -2.12. The Kier molecular flexibility index (Phi) is 2.40. The molecule has 1 saturated carbocycles. The maximum atomic E-state index is 14.0. The number of alkyl halides is 1. The zero-order chi connectivity index (χ0) is 12.8. The largest absolute Gasteiger partial charge is 0.495 e. The molecule has 0 spiro atoms. The Labute approximate surface area is 104 Å². The highest BCUT2D eigenvalue weighted by atomic mass is 19.1. The number of carbonyl (C=O) groups is 1. The smallest absolute Gasteiger partial charge is 0.166 e. The van der Waals surface area contributed by atoms with E-state index >= 15 is 0 Å². The van der Waals surface area contributed by atoms with Gasteiger partial charge in [-0.05, 0) is 25.0 Å². The van der Waals surface area contributed by atoms with Gasteiger partial charge in [-0.3, -0.25) is 4.79 Å². The standard InChI is InChI=1S/C14H14FNO2/c1-18-12-4-2-3-10-7-11(8-17)16(13(10)12)9-14(15)5-6-14/h2-4,7-8H,5-6,9H2,1H3. The zero-order valence-electron chi connectivity index (χ0n) is 10.1. The summed E-state index contributed by atoms with van der Waals surface area (Å²) in [6, 6.07) is 7.36. The molecule has 1 aromatic carbocycles. The molecule has 3 rings (SSSR count). The summed E-state index contributed by atoms with van der Waals surface area (Å²) in [4.78, 5) is 11.1. The first-order chi connectivity index (χ1) is 8.67. The Morgan fingerprint density at radius 3 is 2.89 bits per heavy atom. The molecule has 94 valence electrons. The number of halogens is 1. The molecular weight excluding hydrogens is 233 g/mol. The molecule has 3 nitrogen and oxygen atoms in total. The zero-order valence-corrected chi connectivity index (χ0v) is 10.1. The highest BCUT2D eigenvalue weighted by molar-refractivity contribution is 5.92. The van der Waals surface area contributed by atoms with E-state index in [1.807, 2.05) is 18.2 Å². The molecule has 1 aliphatic rings. The Bertz CT molecular complexity index is 614. The number of aldehydes is 1. The van der Waals surface area contributed by atoms with E-state index in [1.54, 1.807) is 17.7 Å². The van der Waals surface area contributed by atoms with E-state index in [1.165, 1.54) is 0 Å². The number of rotatable bonds is 4. The Morgan fingerprint density at radius 1 is 1.50 bits per heavy atom. The maximum absolute atomic E-state index is 14.0. The second kappa shape index (κ2) is 3.83. The highest BCUT2D eigenvalue weighted by Gasteiger charge is 2.44. The number of benzene rings is 1. The highest BCUT2D eigenvalue weighted by Crippen LogP contribution is 2.43. The van der Waals surface area contributed by atoms with Gasteiger partial charge < -0.3 is 9.30 Å². The van der Waals surface area contributed by atoms with Gasteiger partial charge in [0, 0.05) is 5.39 Å². The molecular formula is C14H14FNO2. The van der Waals surface area contributed by atoms with Crippen LogP contribution in [0.5, 0.6) is 5.75 Å². The second-order valence-electron chi connectivity index (χ2n) is 4.82. The maximum Gasteiger partial charge on any atom is 0.166 e. The quantitative estimate of drug-likeness (QED) is 0.778. The van der Waals surface area contributed by atoms with E-state index in [0.717, 1.165) is 17.2 Å². The molecule has 2 aromatic rings. The van der Waals surface area contributed by atoms with Gasteiger partial charge >= 0.3 is 0 Å². The number of hydrogen-bond acceptors (Lipinski definition) is 2. The molecule has 0 amide bonds. The third-order valence-corrected chi connectivity index (χ3v) is 3.49. The SMILES string of the molecule is COc1cccc2cc(C=O)n(CC3(F)CC3)c12. The number of fused-ring (bicyclic) bond motifs is 1. The Hall–Kier alpha value is -1.84. The second-order valence-corrected chi connectivity index (χ2v) is 4.82. The van der Waals surface area contributed by atoms with Crippen LogP contribution in [-0.2, 0) is 6.54 Å². The van der Waals surface area contributed by atoms with Gasteiger partial charge in [0.2, 0.25) is 0 Å². The van der Waals surface area contributed by atoms with Gasteiger partial charge in [0.15, 0.2) is 6.29 Å². The molecule has 0 atom stereocenters. The molecule has 0 unspecified atom stereocenters. The van der Waals surface area contributed by atoms with Crippen LogP contribution in [0.3, 0.4) is 0 Å². The van der Waals surface area contributed by atoms with Crippen molar-refractivity contribution in [3.8, 4) is 5.75 Å². The summed E-state index contributed by atoms with van der Waals surface area (Å²) in [6.45, 7) is 0.227. The summed E-state index contributed by atoms with van der Waals surface area (Å²) in [5.74, 6) is 0.671. The van der Waals surface area contributed by atoms with E-state index < -0.39 is 5.67 Å².